The molecule has 0 unspecified atom stereocenters. The summed E-state index contributed by atoms with van der Waals surface area (Å²) in [5, 5.41) is 13.6. The number of carbonyl (C=O) groups is 1. The Morgan fingerprint density at radius 3 is 2.46 bits per heavy atom. The minimum Gasteiger partial charge on any atom is -0.373 e. The summed E-state index contributed by atoms with van der Waals surface area (Å²) in [4.78, 5) is 24.6. The van der Waals surface area contributed by atoms with Gasteiger partial charge in [-0.3, -0.25) is 19.8 Å². The van der Waals surface area contributed by atoms with Gasteiger partial charge in [-0.05, 0) is 26.3 Å². The van der Waals surface area contributed by atoms with Crippen molar-refractivity contribution < 1.29 is 14.5 Å². The van der Waals surface area contributed by atoms with Crippen molar-refractivity contribution in [3.63, 3.8) is 0 Å². The first kappa shape index (κ1) is 18.4. The Kier molecular flexibility index (Phi) is 6.28. The van der Waals surface area contributed by atoms with Crippen LogP contribution in [0.1, 0.15) is 26.3 Å². The van der Waals surface area contributed by atoms with Gasteiger partial charge in [-0.2, -0.15) is 0 Å². The molecule has 0 spiro atoms. The van der Waals surface area contributed by atoms with Crippen LogP contribution in [0.2, 0.25) is 0 Å². The average molecular weight is 335 g/mol. The lowest BCUT2D eigenvalue weighted by Gasteiger charge is -2.39. The van der Waals surface area contributed by atoms with Crippen molar-refractivity contribution in [1.82, 2.24) is 10.2 Å². The molecule has 24 heavy (non-hydrogen) atoms. The summed E-state index contributed by atoms with van der Waals surface area (Å²) in [6.07, 6.45) is 0.625. The van der Waals surface area contributed by atoms with E-state index in [1.54, 1.807) is 12.1 Å². The summed E-state index contributed by atoms with van der Waals surface area (Å²) >= 11 is 0. The number of non-ortho nitro benzene ring substituents is 1. The summed E-state index contributed by atoms with van der Waals surface area (Å²) in [5.41, 5.74) is 0.794. The van der Waals surface area contributed by atoms with E-state index in [2.05, 4.69) is 31.0 Å². The Balaban J connectivity index is 1.79. The van der Waals surface area contributed by atoms with Gasteiger partial charge in [0.15, 0.2) is 0 Å². The second kappa shape index (κ2) is 8.21. The number of amides is 1. The number of nitrogens with one attached hydrogen (secondary N) is 1. The van der Waals surface area contributed by atoms with Crippen molar-refractivity contribution in [3.05, 3.63) is 39.9 Å². The van der Waals surface area contributed by atoms with Crippen LogP contribution in [0.5, 0.6) is 0 Å². The molecular formula is C17H25N3O4. The van der Waals surface area contributed by atoms with Crippen molar-refractivity contribution in [2.45, 2.75) is 45.4 Å². The summed E-state index contributed by atoms with van der Waals surface area (Å²) in [6, 6.07) is 6.31. The molecule has 7 heteroatoms. The third-order valence-electron chi connectivity index (χ3n) is 4.18. The number of morpholine rings is 1. The van der Waals surface area contributed by atoms with E-state index in [4.69, 9.17) is 4.74 Å². The molecule has 132 valence electrons. The average Bonchev–Trinajstić information content (AvgIpc) is 2.52. The van der Waals surface area contributed by atoms with Crippen LogP contribution in [0, 0.1) is 10.1 Å². The number of ether oxygens (including phenoxy) is 1. The van der Waals surface area contributed by atoms with E-state index in [9.17, 15) is 14.9 Å². The van der Waals surface area contributed by atoms with E-state index in [0.717, 1.165) is 18.7 Å². The maximum absolute atomic E-state index is 12.1. The van der Waals surface area contributed by atoms with Crippen molar-refractivity contribution in [3.8, 4) is 0 Å². The number of rotatable bonds is 6. The van der Waals surface area contributed by atoms with Gasteiger partial charge in [-0.25, -0.2) is 0 Å². The van der Waals surface area contributed by atoms with Crippen LogP contribution in [0.25, 0.3) is 0 Å². The lowest BCUT2D eigenvalue weighted by molar-refractivity contribution is -0.384. The predicted molar refractivity (Wildman–Crippen MR) is 90.9 cm³/mol. The summed E-state index contributed by atoms with van der Waals surface area (Å²) < 4.78 is 5.72. The topological polar surface area (TPSA) is 84.7 Å². The second-order valence-corrected chi connectivity index (χ2v) is 6.46. The Morgan fingerprint density at radius 2 is 1.92 bits per heavy atom. The number of hydrogen-bond donors (Lipinski definition) is 1. The molecule has 7 nitrogen and oxygen atoms in total. The molecule has 1 aliphatic rings. The summed E-state index contributed by atoms with van der Waals surface area (Å²) in [6.45, 7) is 8.51. The molecule has 1 heterocycles. The molecule has 1 aliphatic heterocycles. The summed E-state index contributed by atoms with van der Waals surface area (Å²) in [5.74, 6) is -0.0786. The third-order valence-corrected chi connectivity index (χ3v) is 4.18. The normalized spacial score (nSPS) is 22.8. The zero-order valence-corrected chi connectivity index (χ0v) is 14.4. The minimum atomic E-state index is -0.449. The van der Waals surface area contributed by atoms with E-state index < -0.39 is 4.92 Å². The molecule has 1 aromatic carbocycles. The highest BCUT2D eigenvalue weighted by Crippen LogP contribution is 2.14. The number of hydrogen-bond acceptors (Lipinski definition) is 5. The number of nitro benzene ring substituents is 1. The van der Waals surface area contributed by atoms with Crippen molar-refractivity contribution in [1.29, 1.82) is 0 Å². The first-order valence-corrected chi connectivity index (χ1v) is 8.24. The molecule has 0 bridgehead atoms. The molecule has 0 radical (unpaired) electrons. The van der Waals surface area contributed by atoms with Crippen LogP contribution in [0.4, 0.5) is 5.69 Å². The SMILES string of the molecule is C[C@@H]1CN([C@H](C)CNC(=O)Cc2ccc([N+](=O)[O-])cc2)C[C@@H](C)O1. The number of nitro groups is 1. The van der Waals surface area contributed by atoms with Gasteiger partial charge in [0.1, 0.15) is 0 Å². The summed E-state index contributed by atoms with van der Waals surface area (Å²) in [7, 11) is 0. The molecule has 1 aromatic rings. The fourth-order valence-corrected chi connectivity index (χ4v) is 2.95. The highest BCUT2D eigenvalue weighted by Gasteiger charge is 2.25. The van der Waals surface area contributed by atoms with Gasteiger partial charge < -0.3 is 10.1 Å². The highest BCUT2D eigenvalue weighted by atomic mass is 16.6. The zero-order chi connectivity index (χ0) is 17.7. The van der Waals surface area contributed by atoms with Gasteiger partial charge in [-0.15, -0.1) is 0 Å². The third kappa shape index (κ3) is 5.28. The van der Waals surface area contributed by atoms with Gasteiger partial charge in [-0.1, -0.05) is 12.1 Å². The van der Waals surface area contributed by atoms with Gasteiger partial charge >= 0.3 is 0 Å². The molecule has 0 saturated carbocycles. The Hall–Kier alpha value is -1.99. The van der Waals surface area contributed by atoms with Gasteiger partial charge in [0, 0.05) is 37.8 Å². The second-order valence-electron chi connectivity index (χ2n) is 6.46. The van der Waals surface area contributed by atoms with Crippen molar-refractivity contribution in [2.24, 2.45) is 0 Å². The fourth-order valence-electron chi connectivity index (χ4n) is 2.95. The minimum absolute atomic E-state index is 0.0309. The molecule has 1 fully saturated rings. The van der Waals surface area contributed by atoms with Gasteiger partial charge in [0.25, 0.3) is 5.69 Å². The largest absolute Gasteiger partial charge is 0.373 e. The van der Waals surface area contributed by atoms with E-state index >= 15 is 0 Å². The van der Waals surface area contributed by atoms with Gasteiger partial charge in [0.2, 0.25) is 5.91 Å². The Morgan fingerprint density at radius 1 is 1.33 bits per heavy atom. The van der Waals surface area contributed by atoms with Crippen molar-refractivity contribution >= 4 is 11.6 Å². The van der Waals surface area contributed by atoms with Crippen LogP contribution >= 0.6 is 0 Å². The molecular weight excluding hydrogens is 310 g/mol. The Labute approximate surface area is 142 Å². The molecule has 0 aliphatic carbocycles. The van der Waals surface area contributed by atoms with Crippen LogP contribution in [-0.4, -0.2) is 53.6 Å². The van der Waals surface area contributed by atoms with Crippen LogP contribution < -0.4 is 5.32 Å². The van der Waals surface area contributed by atoms with E-state index in [1.807, 2.05) is 0 Å². The van der Waals surface area contributed by atoms with Crippen LogP contribution in [-0.2, 0) is 16.0 Å². The van der Waals surface area contributed by atoms with Crippen LogP contribution in [0.3, 0.4) is 0 Å². The van der Waals surface area contributed by atoms with E-state index in [0.29, 0.717) is 6.54 Å². The van der Waals surface area contributed by atoms with Gasteiger partial charge in [0.05, 0.1) is 23.6 Å². The Bertz CT molecular complexity index is 566. The first-order chi connectivity index (χ1) is 11.3. The number of carbonyl (C=O) groups excluding carboxylic acids is 1. The maximum Gasteiger partial charge on any atom is 0.269 e. The first-order valence-electron chi connectivity index (χ1n) is 8.24. The highest BCUT2D eigenvalue weighted by molar-refractivity contribution is 5.78. The number of nitrogens with zero attached hydrogens (tertiary/aromatic N) is 2. The van der Waals surface area contributed by atoms with E-state index in [-0.39, 0.29) is 36.3 Å². The van der Waals surface area contributed by atoms with Crippen LogP contribution in [0.15, 0.2) is 24.3 Å². The predicted octanol–water partition coefficient (Wildman–Crippen LogP) is 1.75. The molecule has 0 aromatic heterocycles. The van der Waals surface area contributed by atoms with E-state index in [1.165, 1.54) is 12.1 Å². The quantitative estimate of drug-likeness (QED) is 0.632. The molecule has 3 atom stereocenters. The van der Waals surface area contributed by atoms with Crippen molar-refractivity contribution in [2.75, 3.05) is 19.6 Å². The maximum atomic E-state index is 12.1. The zero-order valence-electron chi connectivity index (χ0n) is 14.4. The monoisotopic (exact) mass is 335 g/mol. The molecule has 1 N–H and O–H groups in total. The number of benzene rings is 1. The standard InChI is InChI=1S/C17H25N3O4/c1-12(19-10-13(2)24-14(3)11-19)9-18-17(21)8-15-4-6-16(7-5-15)20(22)23/h4-7,12-14H,8-11H2,1-3H3,(H,18,21)/t12-,13-,14-/m1/s1. The lowest BCUT2D eigenvalue weighted by Crippen LogP contribution is -2.52. The fraction of sp³-hybridized carbons (Fsp3) is 0.588. The molecule has 1 saturated heterocycles. The lowest BCUT2D eigenvalue weighted by atomic mass is 10.1. The smallest absolute Gasteiger partial charge is 0.269 e. The molecule has 1 amide bonds. The molecule has 2 rings (SSSR count).